The van der Waals surface area contributed by atoms with E-state index in [2.05, 4.69) is 9.97 Å². The van der Waals surface area contributed by atoms with E-state index in [4.69, 9.17) is 4.42 Å². The quantitative estimate of drug-likeness (QED) is 0.700. The maximum atomic E-state index is 11.8. The summed E-state index contributed by atoms with van der Waals surface area (Å²) in [5, 5.41) is 0. The summed E-state index contributed by atoms with van der Waals surface area (Å²) in [6.45, 7) is 0. The topological polar surface area (TPSA) is 76.0 Å². The molecule has 0 aliphatic heterocycles. The van der Waals surface area contributed by atoms with E-state index in [1.54, 1.807) is 0 Å². The number of hydrogen-bond donors (Lipinski definition) is 1. The van der Waals surface area contributed by atoms with Crippen LogP contribution < -0.4 is 11.0 Å². The molecule has 0 amide bonds. The summed E-state index contributed by atoms with van der Waals surface area (Å²) in [5.41, 5.74) is 0.284. The van der Waals surface area contributed by atoms with E-state index >= 15 is 0 Å². The van der Waals surface area contributed by atoms with E-state index in [-0.39, 0.29) is 16.7 Å². The van der Waals surface area contributed by atoms with E-state index < -0.39 is 5.56 Å². The number of nitrogens with zero attached hydrogens (tertiary/aromatic N) is 1. The molecule has 5 nitrogen and oxygen atoms in total. The zero-order valence-electron chi connectivity index (χ0n) is 9.21. The van der Waals surface area contributed by atoms with Crippen molar-refractivity contribution in [2.45, 2.75) is 0 Å². The number of hydrogen-bond acceptors (Lipinski definition) is 4. The van der Waals surface area contributed by atoms with Gasteiger partial charge in [0.1, 0.15) is 5.76 Å². The van der Waals surface area contributed by atoms with Crippen LogP contribution in [0.25, 0.3) is 22.6 Å². The Balaban J connectivity index is 2.34. The van der Waals surface area contributed by atoms with Crippen LogP contribution in [-0.2, 0) is 0 Å². The van der Waals surface area contributed by atoms with E-state index in [1.165, 1.54) is 6.07 Å². The van der Waals surface area contributed by atoms with Crippen LogP contribution in [0.3, 0.4) is 0 Å². The molecule has 0 spiro atoms. The van der Waals surface area contributed by atoms with Crippen LogP contribution in [0.1, 0.15) is 0 Å². The molecule has 18 heavy (non-hydrogen) atoms. The van der Waals surface area contributed by atoms with Crippen LogP contribution in [0.15, 0.2) is 56.6 Å². The lowest BCUT2D eigenvalue weighted by Crippen LogP contribution is -2.11. The first-order chi connectivity index (χ1) is 8.74. The van der Waals surface area contributed by atoms with Crippen LogP contribution in [-0.4, -0.2) is 9.97 Å². The second kappa shape index (κ2) is 3.96. The Morgan fingerprint density at radius 1 is 1.11 bits per heavy atom. The van der Waals surface area contributed by atoms with Gasteiger partial charge in [0, 0.05) is 11.6 Å². The van der Waals surface area contributed by atoms with Gasteiger partial charge in [-0.2, -0.15) is 0 Å². The molecular formula is C13H8N2O3. The summed E-state index contributed by atoms with van der Waals surface area (Å²) in [4.78, 5) is 29.2. The number of fused-ring (bicyclic) bond motifs is 1. The summed E-state index contributed by atoms with van der Waals surface area (Å²) in [7, 11) is 0. The predicted octanol–water partition coefficient (Wildman–Crippen LogP) is 1.54. The molecule has 88 valence electrons. The second-order valence-electron chi connectivity index (χ2n) is 3.77. The molecule has 1 aromatic carbocycles. The third-order valence-electron chi connectivity index (χ3n) is 2.53. The van der Waals surface area contributed by atoms with E-state index in [0.717, 1.165) is 11.8 Å². The standard InChI is InChI=1S/C13H8N2O3/c16-9-6-10(8-4-2-1-3-5-8)18-13-12(9)14-7-11(17)15-13/h1-7H,(H,15,17). The average molecular weight is 240 g/mol. The molecule has 0 aliphatic rings. The van der Waals surface area contributed by atoms with Gasteiger partial charge >= 0.3 is 0 Å². The SMILES string of the molecule is O=c1cnc2c(=O)cc(-c3ccccc3)oc2[nH]1. The fourth-order valence-electron chi connectivity index (χ4n) is 1.71. The number of nitrogens with one attached hydrogen (secondary N) is 1. The Morgan fingerprint density at radius 2 is 1.89 bits per heavy atom. The molecule has 0 bridgehead atoms. The first-order valence-corrected chi connectivity index (χ1v) is 5.33. The summed E-state index contributed by atoms with van der Waals surface area (Å²) in [6.07, 6.45) is 1.06. The lowest BCUT2D eigenvalue weighted by molar-refractivity contribution is 0.602. The highest BCUT2D eigenvalue weighted by molar-refractivity contribution is 5.70. The highest BCUT2D eigenvalue weighted by Gasteiger charge is 2.07. The van der Waals surface area contributed by atoms with E-state index in [1.807, 2.05) is 30.3 Å². The predicted molar refractivity (Wildman–Crippen MR) is 66.3 cm³/mol. The van der Waals surface area contributed by atoms with Crippen LogP contribution in [0.2, 0.25) is 0 Å². The average Bonchev–Trinajstić information content (AvgIpc) is 2.39. The summed E-state index contributed by atoms with van der Waals surface area (Å²) in [5.74, 6) is 0.400. The molecule has 5 heteroatoms. The van der Waals surface area contributed by atoms with Crippen LogP contribution in [0, 0.1) is 0 Å². The van der Waals surface area contributed by atoms with Gasteiger partial charge in [-0.3, -0.25) is 14.6 Å². The Bertz CT molecular complexity index is 819. The van der Waals surface area contributed by atoms with Crippen molar-refractivity contribution in [3.63, 3.8) is 0 Å². The highest BCUT2D eigenvalue weighted by atomic mass is 16.3. The van der Waals surface area contributed by atoms with Crippen molar-refractivity contribution in [3.8, 4) is 11.3 Å². The monoisotopic (exact) mass is 240 g/mol. The van der Waals surface area contributed by atoms with Gasteiger partial charge in [-0.1, -0.05) is 30.3 Å². The Hall–Kier alpha value is -2.69. The van der Waals surface area contributed by atoms with Crippen molar-refractivity contribution in [1.29, 1.82) is 0 Å². The molecule has 0 unspecified atom stereocenters. The number of H-pyrrole nitrogens is 1. The first-order valence-electron chi connectivity index (χ1n) is 5.33. The maximum absolute atomic E-state index is 11.8. The molecule has 0 fully saturated rings. The van der Waals surface area contributed by atoms with Crippen molar-refractivity contribution in [3.05, 3.63) is 63.2 Å². The van der Waals surface area contributed by atoms with Crippen molar-refractivity contribution in [2.75, 3.05) is 0 Å². The lowest BCUT2D eigenvalue weighted by atomic mass is 10.1. The summed E-state index contributed by atoms with van der Waals surface area (Å²) in [6, 6.07) is 10.5. The van der Waals surface area contributed by atoms with Crippen molar-refractivity contribution >= 4 is 11.2 Å². The zero-order valence-corrected chi connectivity index (χ0v) is 9.21. The van der Waals surface area contributed by atoms with Crippen molar-refractivity contribution in [1.82, 2.24) is 9.97 Å². The fraction of sp³-hybridized carbons (Fsp3) is 0. The summed E-state index contributed by atoms with van der Waals surface area (Å²) < 4.78 is 5.49. The second-order valence-corrected chi connectivity index (χ2v) is 3.77. The van der Waals surface area contributed by atoms with Gasteiger partial charge in [0.05, 0.1) is 6.20 Å². The van der Waals surface area contributed by atoms with Gasteiger partial charge in [-0.05, 0) is 0 Å². The first kappa shape index (κ1) is 10.5. The number of rotatable bonds is 1. The third-order valence-corrected chi connectivity index (χ3v) is 2.53. The van der Waals surface area contributed by atoms with Crippen LogP contribution in [0.5, 0.6) is 0 Å². The van der Waals surface area contributed by atoms with Crippen LogP contribution >= 0.6 is 0 Å². The Morgan fingerprint density at radius 3 is 2.67 bits per heavy atom. The van der Waals surface area contributed by atoms with Gasteiger partial charge in [0.25, 0.3) is 5.56 Å². The molecule has 1 N–H and O–H groups in total. The molecule has 0 atom stereocenters. The minimum absolute atomic E-state index is 0.0915. The van der Waals surface area contributed by atoms with E-state index in [9.17, 15) is 9.59 Å². The lowest BCUT2D eigenvalue weighted by Gasteiger charge is -2.01. The smallest absolute Gasteiger partial charge is 0.269 e. The normalized spacial score (nSPS) is 10.7. The molecule has 0 saturated heterocycles. The largest absolute Gasteiger partial charge is 0.438 e. The Kier molecular flexibility index (Phi) is 2.30. The van der Waals surface area contributed by atoms with Gasteiger partial charge in [-0.15, -0.1) is 0 Å². The maximum Gasteiger partial charge on any atom is 0.269 e. The number of benzene rings is 1. The number of aromatic nitrogens is 2. The zero-order chi connectivity index (χ0) is 12.5. The summed E-state index contributed by atoms with van der Waals surface area (Å²) >= 11 is 0. The molecule has 3 aromatic rings. The van der Waals surface area contributed by atoms with Gasteiger partial charge in [0.15, 0.2) is 5.52 Å². The van der Waals surface area contributed by atoms with E-state index in [0.29, 0.717) is 5.76 Å². The fourth-order valence-corrected chi connectivity index (χ4v) is 1.71. The molecule has 3 rings (SSSR count). The van der Waals surface area contributed by atoms with Crippen LogP contribution in [0.4, 0.5) is 0 Å². The minimum atomic E-state index is -0.407. The van der Waals surface area contributed by atoms with Crippen molar-refractivity contribution in [2.24, 2.45) is 0 Å². The van der Waals surface area contributed by atoms with Crippen molar-refractivity contribution < 1.29 is 4.42 Å². The van der Waals surface area contributed by atoms with Gasteiger partial charge in [0.2, 0.25) is 11.1 Å². The third kappa shape index (κ3) is 1.71. The Labute approximate surface area is 101 Å². The van der Waals surface area contributed by atoms with Gasteiger partial charge < -0.3 is 4.42 Å². The van der Waals surface area contributed by atoms with Gasteiger partial charge in [-0.25, -0.2) is 4.98 Å². The molecule has 2 aromatic heterocycles. The number of aromatic amines is 1. The molecular weight excluding hydrogens is 232 g/mol. The highest BCUT2D eigenvalue weighted by Crippen LogP contribution is 2.19. The molecule has 0 aliphatic carbocycles. The molecule has 0 radical (unpaired) electrons. The molecule has 2 heterocycles. The minimum Gasteiger partial charge on any atom is -0.438 e. The molecule has 0 saturated carbocycles.